The molecule has 2 aromatic rings. The number of aromatic hydroxyl groups is 2. The van der Waals surface area contributed by atoms with Crippen LogP contribution in [0.1, 0.15) is 20.7 Å². The van der Waals surface area contributed by atoms with E-state index in [2.05, 4.69) is 0 Å². The summed E-state index contributed by atoms with van der Waals surface area (Å²) < 4.78 is 9.46. The van der Waals surface area contributed by atoms with Crippen molar-refractivity contribution in [1.29, 1.82) is 0 Å². The third kappa shape index (κ3) is 11.8. The predicted octanol–water partition coefficient (Wildman–Crippen LogP) is -4.03. The summed E-state index contributed by atoms with van der Waals surface area (Å²) in [6, 6.07) is 10.4. The molecule has 16 heteroatoms. The third-order valence-corrected chi connectivity index (χ3v) is 5.63. The van der Waals surface area contributed by atoms with Crippen molar-refractivity contribution in [2.75, 3.05) is 26.4 Å². The molecule has 0 spiro atoms. The van der Waals surface area contributed by atoms with Gasteiger partial charge in [0.15, 0.2) is 0 Å². The molecule has 0 aromatic heterocycles. The first kappa shape index (κ1) is 36.6. The summed E-state index contributed by atoms with van der Waals surface area (Å²) >= 11 is 0. The molecule has 2 aromatic carbocycles. The molecule has 0 radical (unpaired) electrons. The Labute approximate surface area is 239 Å². The highest BCUT2D eigenvalue weighted by Crippen LogP contribution is 2.13. The van der Waals surface area contributed by atoms with Gasteiger partial charge in [-0.15, -0.1) is 0 Å². The largest absolute Gasteiger partial charge is 0.508 e. The summed E-state index contributed by atoms with van der Waals surface area (Å²) in [5, 5.41) is 111. The Hall–Kier alpha value is -3.42. The minimum atomic E-state index is -1.79. The van der Waals surface area contributed by atoms with Crippen LogP contribution in [0.3, 0.4) is 0 Å². The van der Waals surface area contributed by atoms with Gasteiger partial charge in [-0.1, -0.05) is 0 Å². The molecule has 0 aliphatic carbocycles. The standard InChI is InChI=1S/2C13H18O8/c2*14-5-9(16)11(18)12(19)10(17)6-21-13(20)7-1-3-8(15)4-2-7/h2*1-4,9-12,14-19H,5-6H2/t9-,10+,11+,12+;9-,10+,11-,12-/m01/s1. The number of carbonyl (C=O) groups is 2. The maximum Gasteiger partial charge on any atom is 0.338 e. The number of aliphatic hydroxyl groups is 10. The second kappa shape index (κ2) is 18.2. The molecule has 0 amide bonds. The maximum atomic E-state index is 11.6. The van der Waals surface area contributed by atoms with Gasteiger partial charge in [0.2, 0.25) is 0 Å². The number of phenolic OH excluding ortho intramolecular Hbond substituents is 2. The molecule has 0 unspecified atom stereocenters. The second-order valence-corrected chi connectivity index (χ2v) is 8.89. The molecule has 0 saturated carbocycles. The van der Waals surface area contributed by atoms with E-state index in [0.717, 1.165) is 0 Å². The first-order valence-electron chi connectivity index (χ1n) is 12.3. The van der Waals surface area contributed by atoms with Crippen molar-refractivity contribution in [2.45, 2.75) is 48.8 Å². The highest BCUT2D eigenvalue weighted by Gasteiger charge is 2.32. The molecule has 236 valence electrons. The van der Waals surface area contributed by atoms with E-state index in [1.807, 2.05) is 0 Å². The zero-order valence-electron chi connectivity index (χ0n) is 22.1. The fraction of sp³-hybridized carbons (Fsp3) is 0.462. The molecular weight excluding hydrogens is 568 g/mol. The van der Waals surface area contributed by atoms with Crippen LogP contribution in [0.5, 0.6) is 11.5 Å². The van der Waals surface area contributed by atoms with E-state index in [1.54, 1.807) is 0 Å². The quantitative estimate of drug-likeness (QED) is 0.0914. The minimum Gasteiger partial charge on any atom is -0.508 e. The monoisotopic (exact) mass is 604 g/mol. The van der Waals surface area contributed by atoms with Gasteiger partial charge in [-0.2, -0.15) is 0 Å². The van der Waals surface area contributed by atoms with E-state index in [-0.39, 0.29) is 22.6 Å². The lowest BCUT2D eigenvalue weighted by Crippen LogP contribution is -2.47. The van der Waals surface area contributed by atoms with Crippen molar-refractivity contribution in [2.24, 2.45) is 0 Å². The smallest absolute Gasteiger partial charge is 0.338 e. The molecule has 0 bridgehead atoms. The Bertz CT molecular complexity index is 977. The Kier molecular flexibility index (Phi) is 15.9. The van der Waals surface area contributed by atoms with Gasteiger partial charge in [0.05, 0.1) is 24.3 Å². The van der Waals surface area contributed by atoms with E-state index in [1.165, 1.54) is 48.5 Å². The van der Waals surface area contributed by atoms with Crippen LogP contribution < -0.4 is 0 Å². The van der Waals surface area contributed by atoms with Crippen molar-refractivity contribution in [3.05, 3.63) is 59.7 Å². The number of benzene rings is 2. The van der Waals surface area contributed by atoms with Crippen LogP contribution >= 0.6 is 0 Å². The van der Waals surface area contributed by atoms with Crippen LogP contribution in [0.25, 0.3) is 0 Å². The SMILES string of the molecule is O=C(OC[C@@H](O)[C@@H](O)[C@H](O)[C@@H](O)CO)c1ccc(O)cc1.O=C(OC[C@H](O)[C@@H](O)[C@H](O)[C@H](O)CO)c1ccc(O)cc1. The average Bonchev–Trinajstić information content (AvgIpc) is 3.00. The van der Waals surface area contributed by atoms with Crippen LogP contribution in [-0.2, 0) is 9.47 Å². The minimum absolute atomic E-state index is 0.0249. The Morgan fingerprint density at radius 1 is 0.500 bits per heavy atom. The van der Waals surface area contributed by atoms with Gasteiger partial charge in [-0.3, -0.25) is 0 Å². The van der Waals surface area contributed by atoms with E-state index in [9.17, 15) is 40.2 Å². The Morgan fingerprint density at radius 3 is 1.02 bits per heavy atom. The van der Waals surface area contributed by atoms with Gasteiger partial charge in [0.1, 0.15) is 73.5 Å². The number of esters is 2. The summed E-state index contributed by atoms with van der Waals surface area (Å²) in [6.07, 6.45) is -13.7. The molecule has 12 N–H and O–H groups in total. The lowest BCUT2D eigenvalue weighted by atomic mass is 10.0. The van der Waals surface area contributed by atoms with Gasteiger partial charge in [0.25, 0.3) is 0 Å². The van der Waals surface area contributed by atoms with Gasteiger partial charge < -0.3 is 70.8 Å². The lowest BCUT2D eigenvalue weighted by Gasteiger charge is -2.25. The molecule has 0 heterocycles. The molecule has 42 heavy (non-hydrogen) atoms. The number of ether oxygens (including phenoxy) is 2. The normalized spacial score (nSPS) is 16.8. The summed E-state index contributed by atoms with van der Waals surface area (Å²) in [4.78, 5) is 23.2. The van der Waals surface area contributed by atoms with Crippen molar-refractivity contribution < 1.29 is 80.3 Å². The molecule has 0 saturated heterocycles. The van der Waals surface area contributed by atoms with Gasteiger partial charge >= 0.3 is 11.9 Å². The van der Waals surface area contributed by atoms with E-state index >= 15 is 0 Å². The Balaban J connectivity index is 0.000000420. The lowest BCUT2D eigenvalue weighted by molar-refractivity contribution is -0.124. The number of carbonyl (C=O) groups excluding carboxylic acids is 2. The van der Waals surface area contributed by atoms with E-state index in [0.29, 0.717) is 0 Å². The summed E-state index contributed by atoms with van der Waals surface area (Å²) in [5.41, 5.74) is 0.260. The van der Waals surface area contributed by atoms with E-state index < -0.39 is 87.2 Å². The average molecular weight is 605 g/mol. The molecule has 0 fully saturated rings. The molecule has 8 atom stereocenters. The number of hydrogen-bond donors (Lipinski definition) is 12. The van der Waals surface area contributed by atoms with Crippen molar-refractivity contribution in [3.8, 4) is 11.5 Å². The summed E-state index contributed by atoms with van der Waals surface area (Å²) in [5.74, 6) is -1.64. The van der Waals surface area contributed by atoms with Crippen molar-refractivity contribution >= 4 is 11.9 Å². The van der Waals surface area contributed by atoms with Crippen LogP contribution in [-0.4, -0.2) is 148 Å². The van der Waals surface area contributed by atoms with Gasteiger partial charge in [-0.25, -0.2) is 9.59 Å². The fourth-order valence-electron chi connectivity index (χ4n) is 3.01. The molecule has 16 nitrogen and oxygen atoms in total. The summed E-state index contributed by atoms with van der Waals surface area (Å²) in [6.45, 7) is -2.82. The van der Waals surface area contributed by atoms with Crippen LogP contribution in [0.2, 0.25) is 0 Å². The second-order valence-electron chi connectivity index (χ2n) is 8.89. The predicted molar refractivity (Wildman–Crippen MR) is 139 cm³/mol. The highest BCUT2D eigenvalue weighted by atomic mass is 16.5. The van der Waals surface area contributed by atoms with Gasteiger partial charge in [0, 0.05) is 0 Å². The number of phenols is 2. The summed E-state index contributed by atoms with van der Waals surface area (Å²) in [7, 11) is 0. The fourth-order valence-corrected chi connectivity index (χ4v) is 3.01. The maximum absolute atomic E-state index is 11.6. The van der Waals surface area contributed by atoms with Crippen LogP contribution in [0.4, 0.5) is 0 Å². The molecule has 2 rings (SSSR count). The van der Waals surface area contributed by atoms with Crippen molar-refractivity contribution in [3.63, 3.8) is 0 Å². The number of rotatable bonds is 14. The van der Waals surface area contributed by atoms with Gasteiger partial charge in [-0.05, 0) is 48.5 Å². The molecule has 0 aliphatic heterocycles. The number of aliphatic hydroxyl groups excluding tert-OH is 10. The van der Waals surface area contributed by atoms with E-state index in [4.69, 9.17) is 40.1 Å². The first-order chi connectivity index (χ1) is 19.7. The zero-order valence-corrected chi connectivity index (χ0v) is 22.1. The highest BCUT2D eigenvalue weighted by molar-refractivity contribution is 5.90. The van der Waals surface area contributed by atoms with Crippen LogP contribution in [0, 0.1) is 0 Å². The number of hydrogen-bond acceptors (Lipinski definition) is 16. The first-order valence-corrected chi connectivity index (χ1v) is 12.3. The third-order valence-electron chi connectivity index (χ3n) is 5.63. The molecular formula is C26H36O16. The van der Waals surface area contributed by atoms with Crippen molar-refractivity contribution in [1.82, 2.24) is 0 Å². The molecule has 0 aliphatic rings. The topological polar surface area (TPSA) is 295 Å². The van der Waals surface area contributed by atoms with Crippen LogP contribution in [0.15, 0.2) is 48.5 Å². The zero-order chi connectivity index (χ0) is 32.0. The Morgan fingerprint density at radius 2 is 0.762 bits per heavy atom.